The minimum absolute atomic E-state index is 0.0264. The maximum absolute atomic E-state index is 12.7. The first-order valence-electron chi connectivity index (χ1n) is 10.1. The third-order valence-electron chi connectivity index (χ3n) is 5.02. The van der Waals surface area contributed by atoms with Crippen molar-refractivity contribution in [3.8, 4) is 16.9 Å². The van der Waals surface area contributed by atoms with Gasteiger partial charge in [0.15, 0.2) is 0 Å². The number of halogens is 1. The molecule has 3 aromatic carbocycles. The van der Waals surface area contributed by atoms with E-state index in [-0.39, 0.29) is 23.8 Å². The number of para-hydroxylation sites is 1. The first-order chi connectivity index (χ1) is 15.8. The zero-order chi connectivity index (χ0) is 23.4. The summed E-state index contributed by atoms with van der Waals surface area (Å²) in [6, 6.07) is 23.0. The van der Waals surface area contributed by atoms with Crippen LogP contribution >= 0.6 is 11.6 Å². The number of hydrogen-bond acceptors (Lipinski definition) is 4. The number of nitrogens with one attached hydrogen (secondary N) is 1. The van der Waals surface area contributed by atoms with Gasteiger partial charge in [-0.05, 0) is 42.0 Å². The van der Waals surface area contributed by atoms with Crippen LogP contribution in [0.3, 0.4) is 0 Å². The zero-order valence-corrected chi connectivity index (χ0v) is 19.1. The monoisotopic (exact) mass is 480 g/mol. The van der Waals surface area contributed by atoms with E-state index in [1.807, 2.05) is 48.7 Å². The predicted octanol–water partition coefficient (Wildman–Crippen LogP) is 3.70. The van der Waals surface area contributed by atoms with Crippen LogP contribution in [0.2, 0.25) is 5.02 Å². The molecule has 0 bridgehead atoms. The van der Waals surface area contributed by atoms with Crippen LogP contribution in [-0.2, 0) is 27.8 Å². The van der Waals surface area contributed by atoms with Gasteiger partial charge >= 0.3 is 0 Å². The summed E-state index contributed by atoms with van der Waals surface area (Å²) in [7, 11) is -3.75. The Morgan fingerprint density at radius 1 is 0.970 bits per heavy atom. The lowest BCUT2D eigenvalue weighted by Gasteiger charge is -2.07. The molecule has 3 N–H and O–H groups in total. The molecule has 7 nitrogen and oxygen atoms in total. The highest BCUT2D eigenvalue weighted by Gasteiger charge is 2.16. The van der Waals surface area contributed by atoms with E-state index in [0.717, 1.165) is 22.4 Å². The Hall–Kier alpha value is -3.46. The number of carbonyl (C=O) groups is 1. The summed E-state index contributed by atoms with van der Waals surface area (Å²) in [4.78, 5) is 12.7. The number of hydrogen-bond donors (Lipinski definition) is 2. The number of carbonyl (C=O) groups excluding carboxylic acids is 1. The lowest BCUT2D eigenvalue weighted by molar-refractivity contribution is -0.120. The van der Waals surface area contributed by atoms with E-state index in [9.17, 15) is 13.2 Å². The lowest BCUT2D eigenvalue weighted by atomic mass is 10.1. The van der Waals surface area contributed by atoms with Crippen molar-refractivity contribution in [1.82, 2.24) is 15.1 Å². The summed E-state index contributed by atoms with van der Waals surface area (Å²) in [6.45, 7) is 0.257. The number of nitrogens with two attached hydrogens (primary N) is 1. The molecule has 0 unspecified atom stereocenters. The molecule has 0 radical (unpaired) electrons. The standard InChI is InChI=1S/C24H21ClN4O3S/c25-20-10-8-18(9-11-20)24-19(16-29(28-24)21-4-2-1-3-5-21)14-23(30)27-15-17-6-12-22(13-7-17)33(26,31)32/h1-13,16H,14-15H2,(H,27,30)(H2,26,31,32). The third-order valence-corrected chi connectivity index (χ3v) is 6.20. The number of amides is 1. The summed E-state index contributed by atoms with van der Waals surface area (Å²) in [5.41, 5.74) is 3.96. The van der Waals surface area contributed by atoms with Gasteiger partial charge in [-0.1, -0.05) is 54.1 Å². The van der Waals surface area contributed by atoms with Crippen molar-refractivity contribution >= 4 is 27.5 Å². The highest BCUT2D eigenvalue weighted by Crippen LogP contribution is 2.25. The van der Waals surface area contributed by atoms with Crippen molar-refractivity contribution < 1.29 is 13.2 Å². The fraction of sp³-hybridized carbons (Fsp3) is 0.0833. The molecule has 0 aliphatic rings. The third kappa shape index (κ3) is 5.67. The quantitative estimate of drug-likeness (QED) is 0.420. The second-order valence-electron chi connectivity index (χ2n) is 7.43. The molecule has 1 heterocycles. The van der Waals surface area contributed by atoms with E-state index < -0.39 is 10.0 Å². The maximum Gasteiger partial charge on any atom is 0.238 e. The van der Waals surface area contributed by atoms with Crippen LogP contribution in [0.5, 0.6) is 0 Å². The number of primary sulfonamides is 1. The molecule has 33 heavy (non-hydrogen) atoms. The second-order valence-corrected chi connectivity index (χ2v) is 9.43. The minimum atomic E-state index is -3.75. The topological polar surface area (TPSA) is 107 Å². The maximum atomic E-state index is 12.7. The minimum Gasteiger partial charge on any atom is -0.352 e. The highest BCUT2D eigenvalue weighted by atomic mass is 35.5. The van der Waals surface area contributed by atoms with Gasteiger partial charge in [-0.15, -0.1) is 0 Å². The molecule has 0 saturated carbocycles. The van der Waals surface area contributed by atoms with E-state index in [2.05, 4.69) is 5.32 Å². The fourth-order valence-corrected chi connectivity index (χ4v) is 3.98. The molecule has 9 heteroatoms. The predicted molar refractivity (Wildman–Crippen MR) is 127 cm³/mol. The summed E-state index contributed by atoms with van der Waals surface area (Å²) in [5, 5.41) is 13.3. The largest absolute Gasteiger partial charge is 0.352 e. The molecular weight excluding hydrogens is 460 g/mol. The van der Waals surface area contributed by atoms with Crippen LogP contribution in [0, 0.1) is 0 Å². The molecule has 0 spiro atoms. The molecule has 168 valence electrons. The van der Waals surface area contributed by atoms with Gasteiger partial charge in [0.1, 0.15) is 0 Å². The Balaban J connectivity index is 1.53. The Morgan fingerprint density at radius 2 is 1.64 bits per heavy atom. The van der Waals surface area contributed by atoms with Crippen molar-refractivity contribution in [3.63, 3.8) is 0 Å². The van der Waals surface area contributed by atoms with Gasteiger partial charge in [0.25, 0.3) is 0 Å². The number of aromatic nitrogens is 2. The van der Waals surface area contributed by atoms with Crippen molar-refractivity contribution in [1.29, 1.82) is 0 Å². The molecule has 0 saturated heterocycles. The molecule has 0 aliphatic heterocycles. The van der Waals surface area contributed by atoms with E-state index in [1.54, 1.807) is 28.9 Å². The Morgan fingerprint density at radius 3 is 2.27 bits per heavy atom. The number of sulfonamides is 1. The van der Waals surface area contributed by atoms with Gasteiger partial charge < -0.3 is 5.32 Å². The summed E-state index contributed by atoms with van der Waals surface area (Å²) in [6.07, 6.45) is 1.97. The molecule has 1 amide bonds. The van der Waals surface area contributed by atoms with E-state index in [0.29, 0.717) is 10.7 Å². The van der Waals surface area contributed by atoms with Crippen molar-refractivity contribution in [2.24, 2.45) is 5.14 Å². The Kier molecular flexibility index (Phi) is 6.60. The number of nitrogens with zero attached hydrogens (tertiary/aromatic N) is 2. The van der Waals surface area contributed by atoms with E-state index in [1.165, 1.54) is 12.1 Å². The van der Waals surface area contributed by atoms with Gasteiger partial charge in [-0.3, -0.25) is 4.79 Å². The van der Waals surface area contributed by atoms with Gasteiger partial charge in [0.05, 0.1) is 22.7 Å². The zero-order valence-electron chi connectivity index (χ0n) is 17.5. The average Bonchev–Trinajstić information content (AvgIpc) is 3.22. The summed E-state index contributed by atoms with van der Waals surface area (Å²) in [5.74, 6) is -0.187. The molecule has 0 atom stereocenters. The van der Waals surface area contributed by atoms with E-state index in [4.69, 9.17) is 21.8 Å². The van der Waals surface area contributed by atoms with Gasteiger partial charge in [0, 0.05) is 28.9 Å². The molecular formula is C24H21ClN4O3S. The van der Waals surface area contributed by atoms with Crippen LogP contribution in [0.25, 0.3) is 16.9 Å². The summed E-state index contributed by atoms with van der Waals surface area (Å²) < 4.78 is 24.5. The Labute approximate surface area is 196 Å². The van der Waals surface area contributed by atoms with Crippen molar-refractivity contribution in [2.75, 3.05) is 0 Å². The van der Waals surface area contributed by atoms with Crippen LogP contribution in [0.1, 0.15) is 11.1 Å². The normalized spacial score (nSPS) is 11.3. The SMILES string of the molecule is NS(=O)(=O)c1ccc(CNC(=O)Cc2cn(-c3ccccc3)nc2-c2ccc(Cl)cc2)cc1. The van der Waals surface area contributed by atoms with Gasteiger partial charge in [-0.2, -0.15) is 5.10 Å². The van der Waals surface area contributed by atoms with Gasteiger partial charge in [0.2, 0.25) is 15.9 Å². The molecule has 4 rings (SSSR count). The van der Waals surface area contributed by atoms with Crippen molar-refractivity contribution in [3.05, 3.63) is 101 Å². The number of rotatable bonds is 7. The smallest absolute Gasteiger partial charge is 0.238 e. The van der Waals surface area contributed by atoms with Crippen LogP contribution in [0.4, 0.5) is 0 Å². The lowest BCUT2D eigenvalue weighted by Crippen LogP contribution is -2.24. The van der Waals surface area contributed by atoms with Crippen LogP contribution in [0.15, 0.2) is 90.0 Å². The fourth-order valence-electron chi connectivity index (χ4n) is 3.34. The molecule has 0 aliphatic carbocycles. The van der Waals surface area contributed by atoms with Crippen LogP contribution in [-0.4, -0.2) is 24.1 Å². The molecule has 0 fully saturated rings. The highest BCUT2D eigenvalue weighted by molar-refractivity contribution is 7.89. The average molecular weight is 481 g/mol. The molecule has 4 aromatic rings. The van der Waals surface area contributed by atoms with Crippen LogP contribution < -0.4 is 10.5 Å². The summed E-state index contributed by atoms with van der Waals surface area (Å²) >= 11 is 6.03. The van der Waals surface area contributed by atoms with Crippen molar-refractivity contribution in [2.45, 2.75) is 17.9 Å². The first kappa shape index (κ1) is 22.7. The van der Waals surface area contributed by atoms with E-state index >= 15 is 0 Å². The second kappa shape index (κ2) is 9.58. The molecule has 1 aromatic heterocycles. The first-order valence-corrected chi connectivity index (χ1v) is 12.0. The number of benzene rings is 3. The van der Waals surface area contributed by atoms with Gasteiger partial charge in [-0.25, -0.2) is 18.2 Å². The Bertz CT molecular complexity index is 1370.